The highest BCUT2D eigenvalue weighted by atomic mass is 35.5. The van der Waals surface area contributed by atoms with Crippen molar-refractivity contribution in [3.63, 3.8) is 0 Å². The number of methoxy groups -OCH3 is 2. The van der Waals surface area contributed by atoms with E-state index in [9.17, 15) is 0 Å². The van der Waals surface area contributed by atoms with Crippen LogP contribution in [0.4, 0.5) is 0 Å². The van der Waals surface area contributed by atoms with Gasteiger partial charge in [0.1, 0.15) is 5.75 Å². The van der Waals surface area contributed by atoms with Gasteiger partial charge in [-0.1, -0.05) is 65.8 Å². The molecule has 0 N–H and O–H groups in total. The van der Waals surface area contributed by atoms with Crippen LogP contribution in [0.2, 0.25) is 5.02 Å². The summed E-state index contributed by atoms with van der Waals surface area (Å²) < 4.78 is 18.7. The zero-order chi connectivity index (χ0) is 22.3. The van der Waals surface area contributed by atoms with E-state index in [2.05, 4.69) is 10.2 Å². The fraction of sp³-hybridized carbons (Fsp3) is 0.167. The molecule has 0 saturated heterocycles. The van der Waals surface area contributed by atoms with E-state index in [1.807, 2.05) is 77.4 Å². The number of hydrogen-bond acceptors (Lipinski definition) is 6. The first kappa shape index (κ1) is 22.0. The van der Waals surface area contributed by atoms with Crippen molar-refractivity contribution in [3.8, 4) is 34.3 Å². The van der Waals surface area contributed by atoms with Crippen molar-refractivity contribution < 1.29 is 14.2 Å². The van der Waals surface area contributed by atoms with Crippen LogP contribution in [0, 0.1) is 0 Å². The third-order valence-electron chi connectivity index (χ3n) is 4.70. The van der Waals surface area contributed by atoms with Crippen LogP contribution in [0.3, 0.4) is 0 Å². The molecule has 0 amide bonds. The first-order valence-electron chi connectivity index (χ1n) is 9.94. The van der Waals surface area contributed by atoms with E-state index in [1.165, 1.54) is 0 Å². The minimum absolute atomic E-state index is 0.480. The average molecular weight is 468 g/mol. The van der Waals surface area contributed by atoms with Crippen molar-refractivity contribution in [1.82, 2.24) is 14.8 Å². The van der Waals surface area contributed by atoms with Crippen LogP contribution in [0.5, 0.6) is 17.2 Å². The SMILES string of the molecule is COc1ccc(-n2c(SCCOc3ccccc3Cl)nnc2-c2ccccc2)cc1OC. The Hall–Kier alpha value is -3.16. The Labute approximate surface area is 196 Å². The summed E-state index contributed by atoms with van der Waals surface area (Å²) in [5.41, 5.74) is 1.84. The van der Waals surface area contributed by atoms with Gasteiger partial charge in [0.25, 0.3) is 0 Å². The van der Waals surface area contributed by atoms with E-state index in [-0.39, 0.29) is 0 Å². The third kappa shape index (κ3) is 4.84. The van der Waals surface area contributed by atoms with Gasteiger partial charge >= 0.3 is 0 Å². The molecule has 0 spiro atoms. The normalized spacial score (nSPS) is 10.7. The maximum atomic E-state index is 6.17. The molecular formula is C24H22ClN3O3S. The number of aromatic nitrogens is 3. The van der Waals surface area contributed by atoms with Crippen molar-refractivity contribution in [2.24, 2.45) is 0 Å². The number of ether oxygens (including phenoxy) is 3. The third-order valence-corrected chi connectivity index (χ3v) is 5.90. The minimum Gasteiger partial charge on any atom is -0.493 e. The highest BCUT2D eigenvalue weighted by Crippen LogP contribution is 2.33. The summed E-state index contributed by atoms with van der Waals surface area (Å²) in [5, 5.41) is 10.3. The molecule has 0 unspecified atom stereocenters. The van der Waals surface area contributed by atoms with Gasteiger partial charge in [0, 0.05) is 17.4 Å². The average Bonchev–Trinajstić information content (AvgIpc) is 3.27. The zero-order valence-corrected chi connectivity index (χ0v) is 19.3. The van der Waals surface area contributed by atoms with Gasteiger partial charge in [0.15, 0.2) is 22.5 Å². The van der Waals surface area contributed by atoms with Gasteiger partial charge in [-0.3, -0.25) is 4.57 Å². The lowest BCUT2D eigenvalue weighted by atomic mass is 10.2. The summed E-state index contributed by atoms with van der Waals surface area (Å²) in [6.07, 6.45) is 0. The second-order valence-electron chi connectivity index (χ2n) is 6.67. The Morgan fingerprint density at radius 2 is 1.59 bits per heavy atom. The summed E-state index contributed by atoms with van der Waals surface area (Å²) in [5.74, 6) is 3.38. The molecule has 0 atom stereocenters. The molecule has 8 heteroatoms. The van der Waals surface area contributed by atoms with E-state index in [0.717, 1.165) is 22.2 Å². The second kappa shape index (κ2) is 10.4. The molecule has 0 radical (unpaired) electrons. The van der Waals surface area contributed by atoms with Crippen LogP contribution >= 0.6 is 23.4 Å². The highest BCUT2D eigenvalue weighted by Gasteiger charge is 2.18. The molecule has 0 fully saturated rings. The predicted molar refractivity (Wildman–Crippen MR) is 128 cm³/mol. The van der Waals surface area contributed by atoms with Crippen LogP contribution in [-0.2, 0) is 0 Å². The van der Waals surface area contributed by atoms with Crippen molar-refractivity contribution in [1.29, 1.82) is 0 Å². The van der Waals surface area contributed by atoms with E-state index in [1.54, 1.807) is 26.0 Å². The monoisotopic (exact) mass is 467 g/mol. The first-order valence-corrected chi connectivity index (χ1v) is 11.3. The molecule has 0 saturated carbocycles. The molecule has 3 aromatic carbocycles. The molecule has 1 heterocycles. The van der Waals surface area contributed by atoms with Gasteiger partial charge in [0.2, 0.25) is 0 Å². The molecule has 0 aliphatic carbocycles. The van der Waals surface area contributed by atoms with Crippen molar-refractivity contribution >= 4 is 23.4 Å². The fourth-order valence-corrected chi connectivity index (χ4v) is 4.14. The Balaban J connectivity index is 1.61. The van der Waals surface area contributed by atoms with Crippen molar-refractivity contribution in [3.05, 3.63) is 77.8 Å². The van der Waals surface area contributed by atoms with Gasteiger partial charge in [-0.15, -0.1) is 10.2 Å². The fourth-order valence-electron chi connectivity index (χ4n) is 3.18. The Bertz CT molecular complexity index is 1180. The predicted octanol–water partition coefficient (Wildman–Crippen LogP) is 5.78. The Morgan fingerprint density at radius 3 is 2.34 bits per heavy atom. The van der Waals surface area contributed by atoms with E-state index in [0.29, 0.717) is 34.6 Å². The van der Waals surface area contributed by atoms with Crippen LogP contribution in [0.25, 0.3) is 17.1 Å². The number of thioether (sulfide) groups is 1. The summed E-state index contributed by atoms with van der Waals surface area (Å²) >= 11 is 7.72. The van der Waals surface area contributed by atoms with Crippen molar-refractivity contribution in [2.45, 2.75) is 5.16 Å². The molecule has 4 aromatic rings. The van der Waals surface area contributed by atoms with Gasteiger partial charge in [-0.25, -0.2) is 0 Å². The van der Waals surface area contributed by atoms with Gasteiger partial charge < -0.3 is 14.2 Å². The number of para-hydroxylation sites is 1. The van der Waals surface area contributed by atoms with Gasteiger partial charge in [0.05, 0.1) is 31.5 Å². The lowest BCUT2D eigenvalue weighted by molar-refractivity contribution is 0.344. The largest absolute Gasteiger partial charge is 0.493 e. The van der Waals surface area contributed by atoms with Gasteiger partial charge in [-0.2, -0.15) is 0 Å². The summed E-state index contributed by atoms with van der Waals surface area (Å²) in [4.78, 5) is 0. The summed E-state index contributed by atoms with van der Waals surface area (Å²) in [6.45, 7) is 0.480. The number of nitrogens with zero attached hydrogens (tertiary/aromatic N) is 3. The molecule has 0 aliphatic heterocycles. The minimum atomic E-state index is 0.480. The molecule has 4 rings (SSSR count). The van der Waals surface area contributed by atoms with Gasteiger partial charge in [-0.05, 0) is 24.3 Å². The van der Waals surface area contributed by atoms with Crippen LogP contribution in [0.1, 0.15) is 0 Å². The summed E-state index contributed by atoms with van der Waals surface area (Å²) in [6, 6.07) is 23.1. The molecule has 6 nitrogen and oxygen atoms in total. The first-order chi connectivity index (χ1) is 15.7. The van der Waals surface area contributed by atoms with Crippen LogP contribution in [-0.4, -0.2) is 41.3 Å². The lowest BCUT2D eigenvalue weighted by Crippen LogP contribution is -2.04. The molecule has 0 aliphatic rings. The number of rotatable bonds is 9. The van der Waals surface area contributed by atoms with Crippen molar-refractivity contribution in [2.75, 3.05) is 26.6 Å². The lowest BCUT2D eigenvalue weighted by Gasteiger charge is -2.14. The highest BCUT2D eigenvalue weighted by molar-refractivity contribution is 7.99. The molecular weight excluding hydrogens is 446 g/mol. The molecule has 164 valence electrons. The maximum Gasteiger partial charge on any atom is 0.196 e. The topological polar surface area (TPSA) is 58.4 Å². The van der Waals surface area contributed by atoms with E-state index in [4.69, 9.17) is 25.8 Å². The summed E-state index contributed by atoms with van der Waals surface area (Å²) in [7, 11) is 3.24. The second-order valence-corrected chi connectivity index (χ2v) is 8.14. The zero-order valence-electron chi connectivity index (χ0n) is 17.7. The number of halogens is 1. The quantitative estimate of drug-likeness (QED) is 0.230. The van der Waals surface area contributed by atoms with E-state index >= 15 is 0 Å². The van der Waals surface area contributed by atoms with E-state index < -0.39 is 0 Å². The molecule has 1 aromatic heterocycles. The van der Waals surface area contributed by atoms with Crippen LogP contribution < -0.4 is 14.2 Å². The maximum absolute atomic E-state index is 6.17. The molecule has 0 bridgehead atoms. The smallest absolute Gasteiger partial charge is 0.196 e. The number of benzene rings is 3. The Morgan fingerprint density at radius 1 is 0.844 bits per heavy atom. The van der Waals surface area contributed by atoms with Crippen LogP contribution in [0.15, 0.2) is 78.0 Å². The standard InChI is InChI=1S/C24H22ClN3O3S/c1-29-21-13-12-18(16-22(21)30-2)28-23(17-8-4-3-5-9-17)26-27-24(28)32-15-14-31-20-11-7-6-10-19(20)25/h3-13,16H,14-15H2,1-2H3. The molecule has 32 heavy (non-hydrogen) atoms. The number of hydrogen-bond donors (Lipinski definition) is 0. The Kier molecular flexibility index (Phi) is 7.19.